The highest BCUT2D eigenvalue weighted by Crippen LogP contribution is 2.35. The van der Waals surface area contributed by atoms with E-state index in [1.54, 1.807) is 24.3 Å². The van der Waals surface area contributed by atoms with E-state index in [-0.39, 0.29) is 22.2 Å². The standard InChI is InChI=1S/C32H25Cl2N3O4/c1-18-13-19(2)29-24(14-18)28(21-7-5-4-6-8-21)30(36-29)31(38)37-35-17-20-9-12-26(27(15-20)40-3)41-32(39)23-11-10-22(33)16-25(23)34/h4-17,36H,1-3H3,(H,37,38). The third kappa shape index (κ3) is 5.96. The molecule has 0 radical (unpaired) electrons. The van der Waals surface area contributed by atoms with Gasteiger partial charge in [-0.2, -0.15) is 5.10 Å². The Morgan fingerprint density at radius 3 is 2.44 bits per heavy atom. The van der Waals surface area contributed by atoms with Crippen LogP contribution < -0.4 is 14.9 Å². The molecule has 9 heteroatoms. The molecule has 4 aromatic carbocycles. The molecule has 0 aliphatic carbocycles. The number of fused-ring (bicyclic) bond motifs is 1. The van der Waals surface area contributed by atoms with E-state index < -0.39 is 5.97 Å². The fourth-order valence-corrected chi connectivity index (χ4v) is 5.09. The molecule has 1 heterocycles. The van der Waals surface area contributed by atoms with Crippen molar-refractivity contribution in [3.63, 3.8) is 0 Å². The van der Waals surface area contributed by atoms with Crippen LogP contribution in [0.1, 0.15) is 37.5 Å². The van der Waals surface area contributed by atoms with Crippen molar-refractivity contribution in [3.05, 3.63) is 117 Å². The summed E-state index contributed by atoms with van der Waals surface area (Å²) in [5.74, 6) is -0.546. The number of H-pyrrole nitrogens is 1. The van der Waals surface area contributed by atoms with Gasteiger partial charge in [-0.1, -0.05) is 65.2 Å². The number of hydrazone groups is 1. The molecule has 1 amide bonds. The maximum Gasteiger partial charge on any atom is 0.345 e. The zero-order chi connectivity index (χ0) is 29.1. The van der Waals surface area contributed by atoms with Gasteiger partial charge in [0.25, 0.3) is 5.91 Å². The predicted molar refractivity (Wildman–Crippen MR) is 163 cm³/mol. The smallest absolute Gasteiger partial charge is 0.345 e. The summed E-state index contributed by atoms with van der Waals surface area (Å²) in [5.41, 5.74) is 8.60. The van der Waals surface area contributed by atoms with Crippen molar-refractivity contribution in [2.45, 2.75) is 13.8 Å². The minimum Gasteiger partial charge on any atom is -0.493 e. The lowest BCUT2D eigenvalue weighted by Gasteiger charge is -2.10. The Bertz CT molecular complexity index is 1810. The number of nitrogens with one attached hydrogen (secondary N) is 2. The molecule has 0 saturated carbocycles. The molecular weight excluding hydrogens is 561 g/mol. The summed E-state index contributed by atoms with van der Waals surface area (Å²) < 4.78 is 10.9. The van der Waals surface area contributed by atoms with Crippen molar-refractivity contribution in [1.82, 2.24) is 10.4 Å². The van der Waals surface area contributed by atoms with Gasteiger partial charge in [0.15, 0.2) is 11.5 Å². The summed E-state index contributed by atoms with van der Waals surface area (Å²) in [5, 5.41) is 5.71. The number of aromatic amines is 1. The van der Waals surface area contributed by atoms with E-state index in [2.05, 4.69) is 27.6 Å². The molecule has 0 aliphatic heterocycles. The van der Waals surface area contributed by atoms with Gasteiger partial charge < -0.3 is 14.5 Å². The second-order valence-electron chi connectivity index (χ2n) is 9.37. The monoisotopic (exact) mass is 585 g/mol. The van der Waals surface area contributed by atoms with E-state index in [9.17, 15) is 9.59 Å². The zero-order valence-electron chi connectivity index (χ0n) is 22.4. The van der Waals surface area contributed by atoms with E-state index in [1.165, 1.54) is 25.5 Å². The summed E-state index contributed by atoms with van der Waals surface area (Å²) in [7, 11) is 1.45. The predicted octanol–water partition coefficient (Wildman–Crippen LogP) is 7.75. The summed E-state index contributed by atoms with van der Waals surface area (Å²) in [6.45, 7) is 4.05. The third-order valence-electron chi connectivity index (χ3n) is 6.46. The number of hydrogen-bond donors (Lipinski definition) is 2. The number of ether oxygens (including phenoxy) is 2. The van der Waals surface area contributed by atoms with Crippen molar-refractivity contribution < 1.29 is 19.1 Å². The Morgan fingerprint density at radius 1 is 0.927 bits per heavy atom. The van der Waals surface area contributed by atoms with Crippen LogP contribution in [-0.2, 0) is 0 Å². The van der Waals surface area contributed by atoms with E-state index >= 15 is 0 Å². The van der Waals surface area contributed by atoms with Crippen molar-refractivity contribution in [2.24, 2.45) is 5.10 Å². The van der Waals surface area contributed by atoms with Crippen LogP contribution in [0.15, 0.2) is 84.0 Å². The molecule has 206 valence electrons. The van der Waals surface area contributed by atoms with Crippen molar-refractivity contribution >= 4 is 52.2 Å². The van der Waals surface area contributed by atoms with Gasteiger partial charge in [-0.15, -0.1) is 0 Å². The maximum atomic E-state index is 13.3. The Balaban J connectivity index is 1.37. The molecule has 5 rings (SSSR count). The van der Waals surface area contributed by atoms with Gasteiger partial charge >= 0.3 is 5.97 Å². The Kier molecular flexibility index (Phi) is 8.10. The third-order valence-corrected chi connectivity index (χ3v) is 7.01. The Labute approximate surface area is 246 Å². The highest BCUT2D eigenvalue weighted by atomic mass is 35.5. The number of methoxy groups -OCH3 is 1. The first-order valence-corrected chi connectivity index (χ1v) is 13.4. The van der Waals surface area contributed by atoms with Crippen LogP contribution in [0.5, 0.6) is 11.5 Å². The largest absolute Gasteiger partial charge is 0.493 e. The molecule has 0 aliphatic rings. The van der Waals surface area contributed by atoms with E-state index in [0.717, 1.165) is 33.2 Å². The number of carbonyl (C=O) groups excluding carboxylic acids is 2. The van der Waals surface area contributed by atoms with Gasteiger partial charge in [0, 0.05) is 21.5 Å². The number of benzene rings is 4. The maximum absolute atomic E-state index is 13.3. The molecule has 2 N–H and O–H groups in total. The average molecular weight is 586 g/mol. The fourth-order valence-electron chi connectivity index (χ4n) is 4.61. The first kappa shape index (κ1) is 28.0. The van der Waals surface area contributed by atoms with Crippen molar-refractivity contribution in [3.8, 4) is 22.6 Å². The normalized spacial score (nSPS) is 11.1. The molecule has 41 heavy (non-hydrogen) atoms. The number of carbonyl (C=O) groups is 2. The lowest BCUT2D eigenvalue weighted by molar-refractivity contribution is 0.0729. The van der Waals surface area contributed by atoms with Crippen LogP contribution in [0.2, 0.25) is 10.0 Å². The lowest BCUT2D eigenvalue weighted by Crippen LogP contribution is -2.18. The van der Waals surface area contributed by atoms with Gasteiger partial charge in [-0.3, -0.25) is 4.79 Å². The molecule has 0 bridgehead atoms. The lowest BCUT2D eigenvalue weighted by atomic mass is 9.99. The molecular formula is C32H25Cl2N3O4. The minimum absolute atomic E-state index is 0.170. The summed E-state index contributed by atoms with van der Waals surface area (Å²) in [4.78, 5) is 29.3. The van der Waals surface area contributed by atoms with Crippen molar-refractivity contribution in [2.75, 3.05) is 7.11 Å². The molecule has 0 atom stereocenters. The quantitative estimate of drug-likeness (QED) is 0.0883. The van der Waals surface area contributed by atoms with Crippen LogP contribution in [0.4, 0.5) is 0 Å². The van der Waals surface area contributed by atoms with Crippen LogP contribution in [0, 0.1) is 13.8 Å². The number of amides is 1. The van der Waals surface area contributed by atoms with Gasteiger partial charge in [0.05, 0.1) is 23.9 Å². The van der Waals surface area contributed by atoms with Crippen LogP contribution >= 0.6 is 23.2 Å². The first-order valence-electron chi connectivity index (χ1n) is 12.6. The number of nitrogens with zero attached hydrogens (tertiary/aromatic N) is 1. The Morgan fingerprint density at radius 2 is 1.71 bits per heavy atom. The number of esters is 1. The molecule has 7 nitrogen and oxygen atoms in total. The molecule has 1 aromatic heterocycles. The average Bonchev–Trinajstić information content (AvgIpc) is 3.34. The highest BCUT2D eigenvalue weighted by molar-refractivity contribution is 6.36. The summed E-state index contributed by atoms with van der Waals surface area (Å²) >= 11 is 12.0. The number of aryl methyl sites for hydroxylation is 2. The van der Waals surface area contributed by atoms with Gasteiger partial charge in [-0.25, -0.2) is 10.2 Å². The second kappa shape index (κ2) is 11.9. The van der Waals surface area contributed by atoms with Crippen LogP contribution in [0.3, 0.4) is 0 Å². The van der Waals surface area contributed by atoms with E-state index in [1.807, 2.05) is 44.2 Å². The fraction of sp³-hybridized carbons (Fsp3) is 0.0938. The molecule has 5 aromatic rings. The zero-order valence-corrected chi connectivity index (χ0v) is 23.9. The number of hydrogen-bond acceptors (Lipinski definition) is 5. The summed E-state index contributed by atoms with van der Waals surface area (Å²) in [6.07, 6.45) is 1.47. The minimum atomic E-state index is -0.656. The van der Waals surface area contributed by atoms with Gasteiger partial charge in [0.1, 0.15) is 5.69 Å². The van der Waals surface area contributed by atoms with E-state index in [0.29, 0.717) is 22.0 Å². The molecule has 0 fully saturated rings. The van der Waals surface area contributed by atoms with Gasteiger partial charge in [-0.05, 0) is 73.0 Å². The second-order valence-corrected chi connectivity index (χ2v) is 10.2. The SMILES string of the molecule is COc1cc(C=NNC(=O)c2[nH]c3c(C)cc(C)cc3c2-c2ccccc2)ccc1OC(=O)c1ccc(Cl)cc1Cl. The first-order chi connectivity index (χ1) is 19.7. The highest BCUT2D eigenvalue weighted by Gasteiger charge is 2.20. The number of aromatic nitrogens is 1. The number of halogens is 2. The molecule has 0 saturated heterocycles. The molecule has 0 unspecified atom stereocenters. The van der Waals surface area contributed by atoms with Crippen molar-refractivity contribution in [1.29, 1.82) is 0 Å². The van der Waals surface area contributed by atoms with Crippen LogP contribution in [0.25, 0.3) is 22.0 Å². The topological polar surface area (TPSA) is 92.8 Å². The Hall–Kier alpha value is -4.59. The summed E-state index contributed by atoms with van der Waals surface area (Å²) in [6, 6.07) is 23.3. The van der Waals surface area contributed by atoms with Crippen LogP contribution in [-0.4, -0.2) is 30.2 Å². The van der Waals surface area contributed by atoms with Gasteiger partial charge in [0.2, 0.25) is 0 Å². The molecule has 0 spiro atoms. The van der Waals surface area contributed by atoms with E-state index in [4.69, 9.17) is 32.7 Å². The number of rotatable bonds is 7.